The summed E-state index contributed by atoms with van der Waals surface area (Å²) in [6.45, 7) is 2.05. The predicted octanol–water partition coefficient (Wildman–Crippen LogP) is 3.41. The van der Waals surface area contributed by atoms with E-state index in [4.69, 9.17) is 0 Å². The van der Waals surface area contributed by atoms with E-state index in [9.17, 15) is 0 Å². The third-order valence-corrected chi connectivity index (χ3v) is 4.82. The lowest BCUT2D eigenvalue weighted by Gasteiger charge is -2.11. The van der Waals surface area contributed by atoms with Crippen molar-refractivity contribution in [1.82, 2.24) is 25.2 Å². The Balaban J connectivity index is 1.85. The summed E-state index contributed by atoms with van der Waals surface area (Å²) in [6, 6.07) is 2.51. The molecule has 3 rings (SSSR count). The molecule has 1 aliphatic carbocycles. The molecule has 0 amide bonds. The summed E-state index contributed by atoms with van der Waals surface area (Å²) in [7, 11) is 0. The highest BCUT2D eigenvalue weighted by molar-refractivity contribution is 9.10. The monoisotopic (exact) mass is 339 g/mol. The van der Waals surface area contributed by atoms with E-state index in [-0.39, 0.29) is 0 Å². The first-order chi connectivity index (χ1) is 9.24. The molecule has 0 saturated heterocycles. The van der Waals surface area contributed by atoms with Crippen LogP contribution in [0, 0.1) is 6.92 Å². The fourth-order valence-electron chi connectivity index (χ4n) is 2.35. The number of pyridine rings is 1. The molecule has 0 aromatic carbocycles. The SMILES string of the molecule is Cc1cc(Br)cnc1Sc1nnnn1C1CCCC1. The van der Waals surface area contributed by atoms with Crippen molar-refractivity contribution in [3.63, 3.8) is 0 Å². The molecule has 2 heterocycles. The normalized spacial score (nSPS) is 16.1. The average Bonchev–Trinajstić information content (AvgIpc) is 3.03. The first-order valence-electron chi connectivity index (χ1n) is 6.32. The molecule has 0 atom stereocenters. The standard InChI is InChI=1S/C12H14BrN5S/c1-8-6-9(13)7-14-11(8)19-12-15-16-17-18(12)10-4-2-3-5-10/h6-7,10H,2-5H2,1H3. The predicted molar refractivity (Wildman–Crippen MR) is 76.1 cm³/mol. The van der Waals surface area contributed by atoms with E-state index in [0.29, 0.717) is 6.04 Å². The van der Waals surface area contributed by atoms with E-state index in [1.807, 2.05) is 11.6 Å². The zero-order chi connectivity index (χ0) is 13.2. The summed E-state index contributed by atoms with van der Waals surface area (Å²) < 4.78 is 2.95. The summed E-state index contributed by atoms with van der Waals surface area (Å²) in [5, 5.41) is 13.9. The fourth-order valence-corrected chi connectivity index (χ4v) is 3.65. The van der Waals surface area contributed by atoms with E-state index >= 15 is 0 Å². The van der Waals surface area contributed by atoms with Crippen LogP contribution < -0.4 is 0 Å². The lowest BCUT2D eigenvalue weighted by atomic mass is 10.3. The molecule has 2 aromatic heterocycles. The van der Waals surface area contributed by atoms with Crippen LogP contribution in [-0.4, -0.2) is 25.2 Å². The van der Waals surface area contributed by atoms with Crippen molar-refractivity contribution in [2.75, 3.05) is 0 Å². The lowest BCUT2D eigenvalue weighted by Crippen LogP contribution is -2.08. The number of aryl methyl sites for hydroxylation is 1. The molecule has 1 saturated carbocycles. The average molecular weight is 340 g/mol. The summed E-state index contributed by atoms with van der Waals surface area (Å²) in [4.78, 5) is 4.43. The molecule has 2 aromatic rings. The van der Waals surface area contributed by atoms with Gasteiger partial charge in [-0.3, -0.25) is 0 Å². The molecule has 1 aliphatic rings. The van der Waals surface area contributed by atoms with Crippen molar-refractivity contribution < 1.29 is 0 Å². The minimum Gasteiger partial charge on any atom is -0.248 e. The van der Waals surface area contributed by atoms with Crippen molar-refractivity contribution in [2.24, 2.45) is 0 Å². The van der Waals surface area contributed by atoms with Crippen LogP contribution in [0.3, 0.4) is 0 Å². The van der Waals surface area contributed by atoms with E-state index in [1.54, 1.807) is 6.20 Å². The second-order valence-corrected chi connectivity index (χ2v) is 6.59. The second kappa shape index (κ2) is 5.58. The topological polar surface area (TPSA) is 56.5 Å². The van der Waals surface area contributed by atoms with Gasteiger partial charge in [-0.2, -0.15) is 0 Å². The van der Waals surface area contributed by atoms with Crippen LogP contribution in [0.1, 0.15) is 37.3 Å². The molecular formula is C12H14BrN5S. The van der Waals surface area contributed by atoms with Crippen LogP contribution in [-0.2, 0) is 0 Å². The van der Waals surface area contributed by atoms with Crippen LogP contribution >= 0.6 is 27.7 Å². The van der Waals surface area contributed by atoms with E-state index in [1.165, 1.54) is 37.4 Å². The summed E-state index contributed by atoms with van der Waals surface area (Å²) in [5.41, 5.74) is 1.13. The molecule has 1 fully saturated rings. The molecule has 19 heavy (non-hydrogen) atoms. The number of hydrogen-bond donors (Lipinski definition) is 0. The van der Waals surface area contributed by atoms with E-state index < -0.39 is 0 Å². The maximum Gasteiger partial charge on any atom is 0.215 e. The number of hydrogen-bond acceptors (Lipinski definition) is 5. The van der Waals surface area contributed by atoms with Gasteiger partial charge in [-0.15, -0.1) is 5.10 Å². The highest BCUT2D eigenvalue weighted by Crippen LogP contribution is 2.34. The van der Waals surface area contributed by atoms with Gasteiger partial charge in [0.15, 0.2) is 0 Å². The van der Waals surface area contributed by atoms with Gasteiger partial charge in [0.25, 0.3) is 0 Å². The van der Waals surface area contributed by atoms with Crippen molar-refractivity contribution in [3.05, 3.63) is 22.3 Å². The lowest BCUT2D eigenvalue weighted by molar-refractivity contribution is 0.423. The molecule has 100 valence electrons. The van der Waals surface area contributed by atoms with Gasteiger partial charge >= 0.3 is 0 Å². The van der Waals surface area contributed by atoms with Gasteiger partial charge < -0.3 is 0 Å². The third-order valence-electron chi connectivity index (χ3n) is 3.32. The molecule has 5 nitrogen and oxygen atoms in total. The zero-order valence-corrected chi connectivity index (χ0v) is 13.0. The maximum absolute atomic E-state index is 4.43. The van der Waals surface area contributed by atoms with Gasteiger partial charge in [-0.25, -0.2) is 9.67 Å². The van der Waals surface area contributed by atoms with E-state index in [0.717, 1.165) is 20.2 Å². The van der Waals surface area contributed by atoms with Crippen molar-refractivity contribution in [1.29, 1.82) is 0 Å². The van der Waals surface area contributed by atoms with Crippen LogP contribution in [0.2, 0.25) is 0 Å². The minimum atomic E-state index is 0.452. The van der Waals surface area contributed by atoms with Gasteiger partial charge in [0, 0.05) is 10.7 Å². The Morgan fingerprint density at radius 3 is 2.89 bits per heavy atom. The molecule has 0 bridgehead atoms. The van der Waals surface area contributed by atoms with Gasteiger partial charge in [-0.1, -0.05) is 12.8 Å². The van der Waals surface area contributed by atoms with Crippen molar-refractivity contribution >= 4 is 27.7 Å². The largest absolute Gasteiger partial charge is 0.248 e. The fraction of sp³-hybridized carbons (Fsp3) is 0.500. The van der Waals surface area contributed by atoms with Crippen LogP contribution in [0.5, 0.6) is 0 Å². The minimum absolute atomic E-state index is 0.452. The highest BCUT2D eigenvalue weighted by atomic mass is 79.9. The van der Waals surface area contributed by atoms with Gasteiger partial charge in [-0.05, 0) is 69.5 Å². The third kappa shape index (κ3) is 2.81. The number of nitrogens with zero attached hydrogens (tertiary/aromatic N) is 5. The molecule has 0 unspecified atom stereocenters. The summed E-state index contributed by atoms with van der Waals surface area (Å²) in [6.07, 6.45) is 6.68. The number of aromatic nitrogens is 5. The number of rotatable bonds is 3. The Hall–Kier alpha value is -0.950. The maximum atomic E-state index is 4.43. The zero-order valence-electron chi connectivity index (χ0n) is 10.6. The van der Waals surface area contributed by atoms with Gasteiger partial charge in [0.05, 0.1) is 6.04 Å². The number of tetrazole rings is 1. The first kappa shape index (κ1) is 13.1. The Bertz CT molecular complexity index is 579. The van der Waals surface area contributed by atoms with Crippen LogP contribution in [0.15, 0.2) is 26.9 Å². The quantitative estimate of drug-likeness (QED) is 0.857. The van der Waals surface area contributed by atoms with Crippen molar-refractivity contribution in [2.45, 2.75) is 48.8 Å². The molecule has 0 N–H and O–H groups in total. The summed E-state index contributed by atoms with van der Waals surface area (Å²) >= 11 is 4.96. The van der Waals surface area contributed by atoms with E-state index in [2.05, 4.69) is 42.5 Å². The molecule has 0 radical (unpaired) electrons. The molecule has 0 spiro atoms. The van der Waals surface area contributed by atoms with Crippen LogP contribution in [0.25, 0.3) is 0 Å². The molecular weight excluding hydrogens is 326 g/mol. The Morgan fingerprint density at radius 2 is 2.16 bits per heavy atom. The molecule has 0 aliphatic heterocycles. The Morgan fingerprint density at radius 1 is 1.37 bits per heavy atom. The Kier molecular flexibility index (Phi) is 3.83. The van der Waals surface area contributed by atoms with Crippen molar-refractivity contribution in [3.8, 4) is 0 Å². The first-order valence-corrected chi connectivity index (χ1v) is 7.93. The molecule has 7 heteroatoms. The van der Waals surface area contributed by atoms with Gasteiger partial charge in [0.2, 0.25) is 5.16 Å². The Labute approximate surface area is 124 Å². The number of halogens is 1. The smallest absolute Gasteiger partial charge is 0.215 e. The summed E-state index contributed by atoms with van der Waals surface area (Å²) in [5.74, 6) is 0. The highest BCUT2D eigenvalue weighted by Gasteiger charge is 2.22. The van der Waals surface area contributed by atoms with Gasteiger partial charge in [0.1, 0.15) is 5.03 Å². The van der Waals surface area contributed by atoms with Crippen LogP contribution in [0.4, 0.5) is 0 Å². The second-order valence-electron chi connectivity index (χ2n) is 4.72.